The maximum atomic E-state index is 13.8. The fourth-order valence-electron chi connectivity index (χ4n) is 4.02. The highest BCUT2D eigenvalue weighted by atomic mass is 32.1. The average Bonchev–Trinajstić information content (AvgIpc) is 3.52. The highest BCUT2D eigenvalue weighted by Gasteiger charge is 2.37. The predicted octanol–water partition coefficient (Wildman–Crippen LogP) is 5.59. The van der Waals surface area contributed by atoms with E-state index in [9.17, 15) is 22.4 Å². The van der Waals surface area contributed by atoms with Crippen LogP contribution in [-0.2, 0) is 6.18 Å². The first-order chi connectivity index (χ1) is 15.3. The second-order valence-corrected chi connectivity index (χ2v) is 8.46. The fourth-order valence-corrected chi connectivity index (χ4v) is 4.71. The van der Waals surface area contributed by atoms with E-state index in [1.165, 1.54) is 29.5 Å². The van der Waals surface area contributed by atoms with Crippen LogP contribution < -0.4 is 0 Å². The van der Waals surface area contributed by atoms with Crippen molar-refractivity contribution < 1.29 is 22.4 Å². The van der Waals surface area contributed by atoms with Gasteiger partial charge in [-0.1, -0.05) is 18.2 Å². The van der Waals surface area contributed by atoms with Gasteiger partial charge in [0.2, 0.25) is 0 Å². The lowest BCUT2D eigenvalue weighted by atomic mass is 10.0. The highest BCUT2D eigenvalue weighted by molar-refractivity contribution is 7.13. The summed E-state index contributed by atoms with van der Waals surface area (Å²) in [6, 6.07) is 11.2. The Labute approximate surface area is 183 Å². The minimum atomic E-state index is -4.68. The minimum Gasteiger partial charge on any atom is -0.330 e. The summed E-state index contributed by atoms with van der Waals surface area (Å²) in [6.07, 6.45) is -3.26. The van der Waals surface area contributed by atoms with Crippen molar-refractivity contribution in [2.24, 2.45) is 0 Å². The van der Waals surface area contributed by atoms with Crippen LogP contribution in [0.2, 0.25) is 0 Å². The third-order valence-electron chi connectivity index (χ3n) is 5.48. The zero-order valence-corrected chi connectivity index (χ0v) is 17.3. The van der Waals surface area contributed by atoms with E-state index < -0.39 is 17.8 Å². The SMILES string of the molecule is O=C(c1cc2nc(-c3cccs3)cc(C(F)(F)F)n2n1)N1CCCC1c1ccc(F)cc1. The number of carbonyl (C=O) groups is 1. The van der Waals surface area contributed by atoms with Gasteiger partial charge in [-0.25, -0.2) is 13.9 Å². The number of aromatic nitrogens is 3. The van der Waals surface area contributed by atoms with Gasteiger partial charge in [0.05, 0.1) is 16.6 Å². The van der Waals surface area contributed by atoms with Crippen molar-refractivity contribution in [2.75, 3.05) is 6.54 Å². The van der Waals surface area contributed by atoms with Crippen LogP contribution in [0.5, 0.6) is 0 Å². The molecule has 1 aliphatic heterocycles. The van der Waals surface area contributed by atoms with E-state index in [0.29, 0.717) is 22.4 Å². The number of benzene rings is 1. The van der Waals surface area contributed by atoms with Gasteiger partial charge in [-0.3, -0.25) is 4.79 Å². The van der Waals surface area contributed by atoms with E-state index >= 15 is 0 Å². The van der Waals surface area contributed by atoms with Crippen molar-refractivity contribution in [3.63, 3.8) is 0 Å². The van der Waals surface area contributed by atoms with Crippen LogP contribution >= 0.6 is 11.3 Å². The Kier molecular flexibility index (Phi) is 4.96. The van der Waals surface area contributed by atoms with Crippen molar-refractivity contribution in [1.82, 2.24) is 19.5 Å². The van der Waals surface area contributed by atoms with Gasteiger partial charge < -0.3 is 4.90 Å². The number of hydrogen-bond donors (Lipinski definition) is 0. The first kappa shape index (κ1) is 20.6. The number of alkyl halides is 3. The standard InChI is InChI=1S/C22H16F4N4OS/c23-14-7-5-13(6-8-14)17-3-1-9-29(17)21(31)16-12-20-27-15(18-4-2-10-32-18)11-19(22(24,25)26)30(20)28-16/h2,4-8,10-12,17H,1,3,9H2. The number of carbonyl (C=O) groups excluding carboxylic acids is 1. The van der Waals surface area contributed by atoms with Crippen molar-refractivity contribution in [3.05, 3.63) is 76.7 Å². The Balaban J connectivity index is 1.55. The second-order valence-electron chi connectivity index (χ2n) is 7.51. The number of fused-ring (bicyclic) bond motifs is 1. The van der Waals surface area contributed by atoms with Crippen molar-refractivity contribution in [3.8, 4) is 10.6 Å². The van der Waals surface area contributed by atoms with Crippen LogP contribution in [0.25, 0.3) is 16.2 Å². The number of halogens is 4. The Morgan fingerprint density at radius 2 is 1.91 bits per heavy atom. The maximum Gasteiger partial charge on any atom is 0.433 e. The average molecular weight is 460 g/mol. The molecule has 1 fully saturated rings. The summed E-state index contributed by atoms with van der Waals surface area (Å²) in [4.78, 5) is 19.7. The number of hydrogen-bond acceptors (Lipinski definition) is 4. The third-order valence-corrected chi connectivity index (χ3v) is 6.37. The molecular formula is C22H16F4N4OS. The van der Waals surface area contributed by atoms with Gasteiger partial charge in [0, 0.05) is 12.6 Å². The molecule has 10 heteroatoms. The molecule has 0 bridgehead atoms. The summed E-state index contributed by atoms with van der Waals surface area (Å²) in [7, 11) is 0. The van der Waals surface area contributed by atoms with Gasteiger partial charge in [0.25, 0.3) is 5.91 Å². The van der Waals surface area contributed by atoms with Crippen molar-refractivity contribution in [2.45, 2.75) is 25.1 Å². The van der Waals surface area contributed by atoms with E-state index in [2.05, 4.69) is 10.1 Å². The molecule has 0 spiro atoms. The molecule has 5 rings (SSSR count). The molecule has 4 aromatic rings. The molecule has 1 amide bonds. The topological polar surface area (TPSA) is 50.5 Å². The lowest BCUT2D eigenvalue weighted by molar-refractivity contribution is -0.142. The Hall–Kier alpha value is -3.27. The lowest BCUT2D eigenvalue weighted by Gasteiger charge is -2.24. The number of nitrogens with zero attached hydrogens (tertiary/aromatic N) is 4. The summed E-state index contributed by atoms with van der Waals surface area (Å²) >= 11 is 1.27. The molecule has 164 valence electrons. The molecule has 5 nitrogen and oxygen atoms in total. The van der Waals surface area contributed by atoms with Gasteiger partial charge in [0.1, 0.15) is 5.82 Å². The van der Waals surface area contributed by atoms with Gasteiger partial charge in [-0.2, -0.15) is 18.3 Å². The summed E-state index contributed by atoms with van der Waals surface area (Å²) < 4.78 is 55.2. The fraction of sp³-hybridized carbons (Fsp3) is 0.227. The monoisotopic (exact) mass is 460 g/mol. The first-order valence-electron chi connectivity index (χ1n) is 9.89. The van der Waals surface area contributed by atoms with E-state index in [-0.39, 0.29) is 28.9 Å². The molecule has 1 unspecified atom stereocenters. The Morgan fingerprint density at radius 1 is 1.12 bits per heavy atom. The number of thiophene rings is 1. The summed E-state index contributed by atoms with van der Waals surface area (Å²) in [5.41, 5.74) is -0.218. The van der Waals surface area contributed by atoms with E-state index in [0.717, 1.165) is 18.1 Å². The normalized spacial score (nSPS) is 16.8. The van der Waals surface area contributed by atoms with Crippen LogP contribution in [0.1, 0.15) is 40.6 Å². The van der Waals surface area contributed by atoms with Gasteiger partial charge >= 0.3 is 6.18 Å². The van der Waals surface area contributed by atoms with Crippen LogP contribution in [0.4, 0.5) is 17.6 Å². The molecule has 0 radical (unpaired) electrons. The molecule has 0 aliphatic carbocycles. The molecule has 3 aromatic heterocycles. The molecule has 0 saturated carbocycles. The second kappa shape index (κ2) is 7.70. The van der Waals surface area contributed by atoms with Crippen LogP contribution in [0.15, 0.2) is 53.9 Å². The van der Waals surface area contributed by atoms with Crippen LogP contribution in [-0.4, -0.2) is 31.9 Å². The predicted molar refractivity (Wildman–Crippen MR) is 111 cm³/mol. The smallest absolute Gasteiger partial charge is 0.330 e. The molecule has 1 aliphatic rings. The molecule has 1 saturated heterocycles. The number of likely N-dealkylation sites (tertiary alicyclic amines) is 1. The Morgan fingerprint density at radius 3 is 2.59 bits per heavy atom. The number of amides is 1. The van der Waals surface area contributed by atoms with E-state index in [1.807, 2.05) is 0 Å². The van der Waals surface area contributed by atoms with Gasteiger partial charge in [0.15, 0.2) is 17.0 Å². The third kappa shape index (κ3) is 3.64. The zero-order valence-electron chi connectivity index (χ0n) is 16.5. The van der Waals surface area contributed by atoms with Crippen LogP contribution in [0, 0.1) is 5.82 Å². The molecule has 4 heterocycles. The lowest BCUT2D eigenvalue weighted by Crippen LogP contribution is -2.31. The molecule has 0 N–H and O–H groups in total. The highest BCUT2D eigenvalue weighted by Crippen LogP contribution is 2.35. The first-order valence-corrected chi connectivity index (χ1v) is 10.8. The summed E-state index contributed by atoms with van der Waals surface area (Å²) in [6.45, 7) is 0.439. The number of rotatable bonds is 3. The van der Waals surface area contributed by atoms with Crippen molar-refractivity contribution in [1.29, 1.82) is 0 Å². The molecule has 1 aromatic carbocycles. The van der Waals surface area contributed by atoms with E-state index in [1.54, 1.807) is 34.5 Å². The molecular weight excluding hydrogens is 444 g/mol. The van der Waals surface area contributed by atoms with Gasteiger partial charge in [-0.15, -0.1) is 11.3 Å². The maximum absolute atomic E-state index is 13.8. The van der Waals surface area contributed by atoms with E-state index in [4.69, 9.17) is 0 Å². The largest absolute Gasteiger partial charge is 0.433 e. The Bertz CT molecular complexity index is 1280. The molecule has 1 atom stereocenters. The quantitative estimate of drug-likeness (QED) is 0.375. The van der Waals surface area contributed by atoms with Crippen LogP contribution in [0.3, 0.4) is 0 Å². The van der Waals surface area contributed by atoms with Gasteiger partial charge in [-0.05, 0) is 48.1 Å². The van der Waals surface area contributed by atoms with Crippen molar-refractivity contribution >= 4 is 22.9 Å². The summed E-state index contributed by atoms with van der Waals surface area (Å²) in [5, 5.41) is 5.73. The molecule has 32 heavy (non-hydrogen) atoms. The zero-order chi connectivity index (χ0) is 22.5. The summed E-state index contributed by atoms with van der Waals surface area (Å²) in [5.74, 6) is -0.856. The minimum absolute atomic E-state index is 0.0518.